The summed E-state index contributed by atoms with van der Waals surface area (Å²) >= 11 is 0. The third kappa shape index (κ3) is 3.90. The molecule has 0 atom stereocenters. The maximum atomic E-state index is 12.7. The van der Waals surface area contributed by atoms with E-state index < -0.39 is 0 Å². The molecule has 3 aromatic heterocycles. The van der Waals surface area contributed by atoms with Crippen LogP contribution in [0.15, 0.2) is 73.2 Å². The Balaban J connectivity index is 1.20. The van der Waals surface area contributed by atoms with E-state index in [1.54, 1.807) is 12.5 Å². The second-order valence-corrected chi connectivity index (χ2v) is 8.45. The second-order valence-electron chi connectivity index (χ2n) is 8.45. The number of carbonyl (C=O) groups is 1. The van der Waals surface area contributed by atoms with Crippen molar-refractivity contribution in [2.45, 2.75) is 12.8 Å². The lowest BCUT2D eigenvalue weighted by Gasteiger charge is -2.26. The van der Waals surface area contributed by atoms with Crippen molar-refractivity contribution in [3.05, 3.63) is 84.5 Å². The summed E-state index contributed by atoms with van der Waals surface area (Å²) in [6, 6.07) is 18.0. The molecule has 0 saturated carbocycles. The van der Waals surface area contributed by atoms with Crippen molar-refractivity contribution >= 4 is 44.9 Å². The molecule has 0 radical (unpaired) electrons. The van der Waals surface area contributed by atoms with Crippen LogP contribution in [0.5, 0.6) is 0 Å². The van der Waals surface area contributed by atoms with E-state index in [-0.39, 0.29) is 5.91 Å². The average molecular weight is 450 g/mol. The van der Waals surface area contributed by atoms with E-state index in [9.17, 15) is 4.79 Å². The number of nitrogens with zero attached hydrogens (tertiary/aromatic N) is 4. The van der Waals surface area contributed by atoms with Gasteiger partial charge in [0.2, 0.25) is 5.91 Å². The zero-order chi connectivity index (χ0) is 22.9. The number of fused-ring (bicyclic) bond motifs is 2. The lowest BCUT2D eigenvalue weighted by molar-refractivity contribution is -0.130. The van der Waals surface area contributed by atoms with E-state index in [1.807, 2.05) is 53.4 Å². The number of benzene rings is 2. The van der Waals surface area contributed by atoms with E-state index in [4.69, 9.17) is 0 Å². The lowest BCUT2D eigenvalue weighted by Crippen LogP contribution is -2.35. The largest absolute Gasteiger partial charge is 0.340 e. The van der Waals surface area contributed by atoms with Gasteiger partial charge in [0.25, 0.3) is 0 Å². The van der Waals surface area contributed by atoms with Crippen LogP contribution in [-0.2, 0) is 11.2 Å². The van der Waals surface area contributed by atoms with Crippen molar-refractivity contribution in [2.75, 3.05) is 18.4 Å². The summed E-state index contributed by atoms with van der Waals surface area (Å²) in [5.74, 6) is 0.900. The number of anilines is 2. The van der Waals surface area contributed by atoms with Gasteiger partial charge in [-0.05, 0) is 41.8 Å². The number of aromatic amines is 2. The Bertz CT molecular complexity index is 1520. The molecule has 0 fully saturated rings. The van der Waals surface area contributed by atoms with Gasteiger partial charge in [-0.2, -0.15) is 5.10 Å². The quantitative estimate of drug-likeness (QED) is 0.368. The fourth-order valence-electron chi connectivity index (χ4n) is 4.39. The Kier molecular flexibility index (Phi) is 5.03. The molecule has 1 aliphatic rings. The first-order valence-electron chi connectivity index (χ1n) is 11.3. The number of H-pyrrole nitrogens is 2. The highest BCUT2D eigenvalue weighted by Gasteiger charge is 2.20. The topological polar surface area (TPSA) is 103 Å². The van der Waals surface area contributed by atoms with E-state index in [2.05, 4.69) is 42.6 Å². The third-order valence-corrected chi connectivity index (χ3v) is 6.23. The van der Waals surface area contributed by atoms with E-state index in [0.29, 0.717) is 19.5 Å². The standard InChI is InChI=1S/C26H23N7O/c34-24(12-17-4-2-1-3-5-17)33-10-8-18(9-11-33)23-14-21-25(27-16-28-26(21)31-23)30-20-6-7-22-19(13-20)15-29-32-22/h1-8,13-16H,9-12H2,(H,29,32)(H2,27,28,30,31). The number of carbonyl (C=O) groups excluding carboxylic acids is 1. The summed E-state index contributed by atoms with van der Waals surface area (Å²) in [5.41, 5.74) is 5.94. The molecule has 1 aliphatic heterocycles. The van der Waals surface area contributed by atoms with Crippen molar-refractivity contribution in [1.82, 2.24) is 30.0 Å². The van der Waals surface area contributed by atoms with Crippen LogP contribution in [0.25, 0.3) is 27.5 Å². The summed E-state index contributed by atoms with van der Waals surface area (Å²) < 4.78 is 0. The molecule has 0 bridgehead atoms. The monoisotopic (exact) mass is 449 g/mol. The fraction of sp³-hybridized carbons (Fsp3) is 0.154. The smallest absolute Gasteiger partial charge is 0.227 e. The minimum atomic E-state index is 0.157. The number of rotatable bonds is 5. The first-order valence-corrected chi connectivity index (χ1v) is 11.3. The Morgan fingerprint density at radius 2 is 2.00 bits per heavy atom. The van der Waals surface area contributed by atoms with Crippen LogP contribution in [0, 0.1) is 0 Å². The minimum absolute atomic E-state index is 0.157. The number of aromatic nitrogens is 5. The number of hydrogen-bond donors (Lipinski definition) is 3. The predicted octanol–water partition coefficient (Wildman–Crippen LogP) is 4.44. The second kappa shape index (κ2) is 8.47. The van der Waals surface area contributed by atoms with Crippen molar-refractivity contribution < 1.29 is 4.79 Å². The molecule has 2 aromatic carbocycles. The number of nitrogens with one attached hydrogen (secondary N) is 3. The maximum Gasteiger partial charge on any atom is 0.227 e. The lowest BCUT2D eigenvalue weighted by atomic mass is 10.0. The minimum Gasteiger partial charge on any atom is -0.340 e. The van der Waals surface area contributed by atoms with E-state index >= 15 is 0 Å². The zero-order valence-corrected chi connectivity index (χ0v) is 18.5. The van der Waals surface area contributed by atoms with Gasteiger partial charge in [0, 0.05) is 29.9 Å². The van der Waals surface area contributed by atoms with Gasteiger partial charge in [-0.25, -0.2) is 9.97 Å². The fourth-order valence-corrected chi connectivity index (χ4v) is 4.39. The molecule has 1 amide bonds. The molecule has 0 spiro atoms. The summed E-state index contributed by atoms with van der Waals surface area (Å²) in [5, 5.41) is 12.4. The predicted molar refractivity (Wildman–Crippen MR) is 133 cm³/mol. The van der Waals surface area contributed by atoms with Gasteiger partial charge in [-0.1, -0.05) is 36.4 Å². The molecule has 34 heavy (non-hydrogen) atoms. The first kappa shape index (κ1) is 20.2. The Labute approximate surface area is 195 Å². The van der Waals surface area contributed by atoms with Crippen LogP contribution in [0.4, 0.5) is 11.5 Å². The Morgan fingerprint density at radius 1 is 1.09 bits per heavy atom. The van der Waals surface area contributed by atoms with Crippen LogP contribution in [0.3, 0.4) is 0 Å². The van der Waals surface area contributed by atoms with Gasteiger partial charge in [-0.3, -0.25) is 9.89 Å². The van der Waals surface area contributed by atoms with Gasteiger partial charge < -0.3 is 15.2 Å². The van der Waals surface area contributed by atoms with E-state index in [1.165, 1.54) is 5.57 Å². The van der Waals surface area contributed by atoms with E-state index in [0.717, 1.165) is 51.1 Å². The summed E-state index contributed by atoms with van der Waals surface area (Å²) in [6.45, 7) is 1.31. The van der Waals surface area contributed by atoms with Crippen molar-refractivity contribution in [1.29, 1.82) is 0 Å². The molecule has 168 valence electrons. The van der Waals surface area contributed by atoms with Crippen molar-refractivity contribution in [3.63, 3.8) is 0 Å². The van der Waals surface area contributed by atoms with Crippen molar-refractivity contribution in [3.8, 4) is 0 Å². The maximum absolute atomic E-state index is 12.7. The summed E-state index contributed by atoms with van der Waals surface area (Å²) in [6.07, 6.45) is 6.71. The van der Waals surface area contributed by atoms with Gasteiger partial charge in [-0.15, -0.1) is 0 Å². The molecule has 6 rings (SSSR count). The van der Waals surface area contributed by atoms with Crippen LogP contribution in [0.2, 0.25) is 0 Å². The first-order chi connectivity index (χ1) is 16.7. The van der Waals surface area contributed by atoms with Crippen LogP contribution in [0.1, 0.15) is 17.7 Å². The Hall–Kier alpha value is -4.46. The molecule has 5 aromatic rings. The normalized spacial score (nSPS) is 13.9. The van der Waals surface area contributed by atoms with Crippen LogP contribution >= 0.6 is 0 Å². The molecule has 8 nitrogen and oxygen atoms in total. The highest BCUT2D eigenvalue weighted by Crippen LogP contribution is 2.29. The molecule has 0 saturated heterocycles. The number of amides is 1. The number of hydrogen-bond acceptors (Lipinski definition) is 5. The molecular formula is C26H23N7O. The zero-order valence-electron chi connectivity index (χ0n) is 18.5. The molecular weight excluding hydrogens is 426 g/mol. The Morgan fingerprint density at radius 3 is 2.85 bits per heavy atom. The highest BCUT2D eigenvalue weighted by molar-refractivity contribution is 5.93. The van der Waals surface area contributed by atoms with Gasteiger partial charge in [0.05, 0.1) is 23.5 Å². The SMILES string of the molecule is O=C(Cc1ccccc1)N1CC=C(c2cc3c(Nc4ccc5[nH]ncc5c4)ncnc3[nH]2)CC1. The molecule has 4 heterocycles. The van der Waals surface area contributed by atoms with Gasteiger partial charge in [0.15, 0.2) is 0 Å². The summed E-state index contributed by atoms with van der Waals surface area (Å²) in [4.78, 5) is 26.9. The molecule has 0 aliphatic carbocycles. The van der Waals surface area contributed by atoms with Crippen LogP contribution < -0.4 is 5.32 Å². The molecule has 0 unspecified atom stereocenters. The van der Waals surface area contributed by atoms with Crippen LogP contribution in [-0.4, -0.2) is 49.0 Å². The van der Waals surface area contributed by atoms with Crippen molar-refractivity contribution in [2.24, 2.45) is 0 Å². The average Bonchev–Trinajstić information content (AvgIpc) is 3.52. The summed E-state index contributed by atoms with van der Waals surface area (Å²) in [7, 11) is 0. The molecule has 8 heteroatoms. The molecule has 3 N–H and O–H groups in total. The van der Waals surface area contributed by atoms with Gasteiger partial charge >= 0.3 is 0 Å². The highest BCUT2D eigenvalue weighted by atomic mass is 16.2. The third-order valence-electron chi connectivity index (χ3n) is 6.23. The van der Waals surface area contributed by atoms with Gasteiger partial charge in [0.1, 0.15) is 17.8 Å².